The van der Waals surface area contributed by atoms with Crippen molar-refractivity contribution in [2.45, 2.75) is 19.4 Å². The Bertz CT molecular complexity index is 520. The number of nitrogens with zero attached hydrogens (tertiary/aromatic N) is 1. The molecular formula is C15H18N2OS. The Labute approximate surface area is 117 Å². The summed E-state index contributed by atoms with van der Waals surface area (Å²) in [6.45, 7) is 6.30. The Balaban J connectivity index is 1.95. The van der Waals surface area contributed by atoms with Crippen LogP contribution < -0.4 is 10.5 Å². The molecular weight excluding hydrogens is 256 g/mol. The highest BCUT2D eigenvalue weighted by Crippen LogP contribution is 2.20. The number of benzene rings is 1. The molecule has 2 N–H and O–H groups in total. The lowest BCUT2D eigenvalue weighted by molar-refractivity contribution is 0.352. The van der Waals surface area contributed by atoms with Crippen LogP contribution in [0, 0.1) is 0 Å². The molecule has 0 amide bonds. The largest absolute Gasteiger partial charge is 0.489 e. The molecule has 3 nitrogen and oxygen atoms in total. The minimum atomic E-state index is -0.0265. The summed E-state index contributed by atoms with van der Waals surface area (Å²) >= 11 is 1.63. The third kappa shape index (κ3) is 4.19. The predicted molar refractivity (Wildman–Crippen MR) is 79.5 cm³/mol. The number of thiazole rings is 1. The Hall–Kier alpha value is -1.65. The SMILES string of the molecule is C=C(C)COc1ccc(C(N)Cc2nccs2)cc1. The Morgan fingerprint density at radius 1 is 1.42 bits per heavy atom. The molecule has 1 aromatic carbocycles. The van der Waals surface area contributed by atoms with Gasteiger partial charge in [0.15, 0.2) is 0 Å². The molecule has 0 aliphatic heterocycles. The van der Waals surface area contributed by atoms with Crippen molar-refractivity contribution in [1.82, 2.24) is 4.98 Å². The Morgan fingerprint density at radius 2 is 2.16 bits per heavy atom. The minimum absolute atomic E-state index is 0.0265. The summed E-state index contributed by atoms with van der Waals surface area (Å²) in [6, 6.07) is 7.87. The highest BCUT2D eigenvalue weighted by Gasteiger charge is 2.08. The van der Waals surface area contributed by atoms with Gasteiger partial charge >= 0.3 is 0 Å². The van der Waals surface area contributed by atoms with Crippen LogP contribution >= 0.6 is 11.3 Å². The van der Waals surface area contributed by atoms with Crippen molar-refractivity contribution in [2.75, 3.05) is 6.61 Å². The lowest BCUT2D eigenvalue weighted by Gasteiger charge is -2.11. The fourth-order valence-corrected chi connectivity index (χ4v) is 2.35. The molecule has 1 atom stereocenters. The third-order valence-electron chi connectivity index (χ3n) is 2.67. The Morgan fingerprint density at radius 3 is 2.74 bits per heavy atom. The summed E-state index contributed by atoms with van der Waals surface area (Å²) in [5, 5.41) is 3.03. The summed E-state index contributed by atoms with van der Waals surface area (Å²) in [5.41, 5.74) is 8.27. The maximum Gasteiger partial charge on any atom is 0.119 e. The molecule has 0 radical (unpaired) electrons. The molecule has 1 heterocycles. The molecule has 2 rings (SSSR count). The van der Waals surface area contributed by atoms with Crippen LogP contribution in [-0.2, 0) is 6.42 Å². The monoisotopic (exact) mass is 274 g/mol. The highest BCUT2D eigenvalue weighted by atomic mass is 32.1. The van der Waals surface area contributed by atoms with Crippen LogP contribution in [0.5, 0.6) is 5.75 Å². The molecule has 19 heavy (non-hydrogen) atoms. The van der Waals surface area contributed by atoms with E-state index < -0.39 is 0 Å². The van der Waals surface area contributed by atoms with Gasteiger partial charge < -0.3 is 10.5 Å². The van der Waals surface area contributed by atoms with Crippen molar-refractivity contribution < 1.29 is 4.74 Å². The van der Waals surface area contributed by atoms with E-state index >= 15 is 0 Å². The van der Waals surface area contributed by atoms with Crippen LogP contribution in [0.2, 0.25) is 0 Å². The van der Waals surface area contributed by atoms with Crippen molar-refractivity contribution >= 4 is 11.3 Å². The van der Waals surface area contributed by atoms with Crippen molar-refractivity contribution in [3.8, 4) is 5.75 Å². The third-order valence-corrected chi connectivity index (χ3v) is 3.47. The number of rotatable bonds is 6. The van der Waals surface area contributed by atoms with Gasteiger partial charge in [-0.05, 0) is 30.2 Å². The number of hydrogen-bond donors (Lipinski definition) is 1. The first-order valence-electron chi connectivity index (χ1n) is 6.16. The molecule has 0 saturated heterocycles. The zero-order chi connectivity index (χ0) is 13.7. The smallest absolute Gasteiger partial charge is 0.119 e. The maximum atomic E-state index is 6.17. The second-order valence-corrected chi connectivity index (χ2v) is 5.53. The molecule has 1 unspecified atom stereocenters. The molecule has 100 valence electrons. The molecule has 0 bridgehead atoms. The summed E-state index contributed by atoms with van der Waals surface area (Å²) in [5.74, 6) is 0.841. The van der Waals surface area contributed by atoms with E-state index in [1.54, 1.807) is 17.5 Å². The first-order valence-corrected chi connectivity index (χ1v) is 7.04. The van der Waals surface area contributed by atoms with Gasteiger partial charge in [0.25, 0.3) is 0 Å². The van der Waals surface area contributed by atoms with E-state index in [0.717, 1.165) is 28.3 Å². The van der Waals surface area contributed by atoms with E-state index in [4.69, 9.17) is 10.5 Å². The first-order chi connectivity index (χ1) is 9.15. The summed E-state index contributed by atoms with van der Waals surface area (Å²) in [7, 11) is 0. The number of nitrogens with two attached hydrogens (primary N) is 1. The average Bonchev–Trinajstić information content (AvgIpc) is 2.89. The molecule has 2 aromatic rings. The van der Waals surface area contributed by atoms with Gasteiger partial charge in [0, 0.05) is 24.0 Å². The maximum absolute atomic E-state index is 6.17. The van der Waals surface area contributed by atoms with Gasteiger partial charge in [-0.3, -0.25) is 0 Å². The molecule has 0 fully saturated rings. The van der Waals surface area contributed by atoms with Crippen molar-refractivity contribution in [3.63, 3.8) is 0 Å². The zero-order valence-corrected chi connectivity index (χ0v) is 11.8. The fraction of sp³-hybridized carbons (Fsp3) is 0.267. The van der Waals surface area contributed by atoms with Gasteiger partial charge in [-0.2, -0.15) is 0 Å². The second-order valence-electron chi connectivity index (χ2n) is 4.55. The normalized spacial score (nSPS) is 12.1. The van der Waals surface area contributed by atoms with Crippen LogP contribution in [0.4, 0.5) is 0 Å². The molecule has 0 aliphatic rings. The lowest BCUT2D eigenvalue weighted by Crippen LogP contribution is -2.13. The van der Waals surface area contributed by atoms with Gasteiger partial charge in [0.2, 0.25) is 0 Å². The summed E-state index contributed by atoms with van der Waals surface area (Å²) in [6.07, 6.45) is 2.57. The van der Waals surface area contributed by atoms with Gasteiger partial charge in [-0.25, -0.2) is 4.98 Å². The quantitative estimate of drug-likeness (QED) is 0.822. The Kier molecular flexibility index (Phi) is 4.71. The van der Waals surface area contributed by atoms with Crippen LogP contribution in [0.25, 0.3) is 0 Å². The van der Waals surface area contributed by atoms with Crippen molar-refractivity contribution in [3.05, 3.63) is 58.6 Å². The molecule has 0 spiro atoms. The second kappa shape index (κ2) is 6.50. The average molecular weight is 274 g/mol. The van der Waals surface area contributed by atoms with Crippen LogP contribution in [-0.4, -0.2) is 11.6 Å². The highest BCUT2D eigenvalue weighted by molar-refractivity contribution is 7.09. The predicted octanol–water partition coefficient (Wildman–Crippen LogP) is 3.34. The van der Waals surface area contributed by atoms with Gasteiger partial charge in [-0.1, -0.05) is 18.7 Å². The number of ether oxygens (including phenoxy) is 1. The summed E-state index contributed by atoms with van der Waals surface area (Å²) < 4.78 is 5.56. The molecule has 1 aromatic heterocycles. The molecule has 4 heteroatoms. The topological polar surface area (TPSA) is 48.1 Å². The minimum Gasteiger partial charge on any atom is -0.489 e. The van der Waals surface area contributed by atoms with E-state index in [2.05, 4.69) is 11.6 Å². The zero-order valence-electron chi connectivity index (χ0n) is 11.0. The van der Waals surface area contributed by atoms with E-state index in [1.165, 1.54) is 0 Å². The fourth-order valence-electron chi connectivity index (χ4n) is 1.68. The van der Waals surface area contributed by atoms with E-state index in [1.807, 2.05) is 36.6 Å². The molecule has 0 aliphatic carbocycles. The van der Waals surface area contributed by atoms with Crippen molar-refractivity contribution in [1.29, 1.82) is 0 Å². The van der Waals surface area contributed by atoms with Crippen LogP contribution in [0.15, 0.2) is 48.0 Å². The number of hydrogen-bond acceptors (Lipinski definition) is 4. The summed E-state index contributed by atoms with van der Waals surface area (Å²) in [4.78, 5) is 4.25. The van der Waals surface area contributed by atoms with E-state index in [0.29, 0.717) is 6.61 Å². The lowest BCUT2D eigenvalue weighted by atomic mass is 10.1. The van der Waals surface area contributed by atoms with Crippen LogP contribution in [0.1, 0.15) is 23.5 Å². The van der Waals surface area contributed by atoms with E-state index in [-0.39, 0.29) is 6.04 Å². The van der Waals surface area contributed by atoms with Gasteiger partial charge in [0.1, 0.15) is 12.4 Å². The van der Waals surface area contributed by atoms with Crippen molar-refractivity contribution in [2.24, 2.45) is 5.73 Å². The van der Waals surface area contributed by atoms with Gasteiger partial charge in [-0.15, -0.1) is 11.3 Å². The standard InChI is InChI=1S/C15H18N2OS/c1-11(2)10-18-13-5-3-12(4-6-13)14(16)9-15-17-7-8-19-15/h3-8,14H,1,9-10,16H2,2H3. The van der Waals surface area contributed by atoms with E-state index in [9.17, 15) is 0 Å². The first kappa shape index (κ1) is 13.8. The molecule has 0 saturated carbocycles. The van der Waals surface area contributed by atoms with Gasteiger partial charge in [0.05, 0.1) is 5.01 Å². The van der Waals surface area contributed by atoms with Crippen LogP contribution in [0.3, 0.4) is 0 Å². The number of aromatic nitrogens is 1.